The van der Waals surface area contributed by atoms with Gasteiger partial charge in [0, 0.05) is 23.5 Å². The summed E-state index contributed by atoms with van der Waals surface area (Å²) >= 11 is 5.91. The largest absolute Gasteiger partial charge is 0.370 e. The summed E-state index contributed by atoms with van der Waals surface area (Å²) in [6.45, 7) is 1.87. The molecule has 2 N–H and O–H groups in total. The Labute approximate surface area is 142 Å². The molecule has 4 nitrogen and oxygen atoms in total. The Bertz CT molecular complexity index is 509. The number of carbonyl (C=O) groups is 1. The molecule has 1 saturated heterocycles. The number of halogens is 2. The summed E-state index contributed by atoms with van der Waals surface area (Å²) < 4.78 is 5.81. The Hall–Kier alpha value is -0.810. The van der Waals surface area contributed by atoms with Crippen LogP contribution in [0.3, 0.4) is 0 Å². The number of hydrogen-bond donors (Lipinski definition) is 1. The molecule has 1 aromatic rings. The molecular weight excluding hydrogens is 323 g/mol. The summed E-state index contributed by atoms with van der Waals surface area (Å²) in [4.78, 5) is 14.5. The highest BCUT2D eigenvalue weighted by Gasteiger charge is 2.33. The highest BCUT2D eigenvalue weighted by Crippen LogP contribution is 2.29. The van der Waals surface area contributed by atoms with Crippen LogP contribution in [0.15, 0.2) is 24.3 Å². The number of nitrogens with two attached hydrogens (primary N) is 1. The summed E-state index contributed by atoms with van der Waals surface area (Å²) in [5, 5.41) is 0.711. The third kappa shape index (κ3) is 3.93. The molecule has 3 atom stereocenters. The lowest BCUT2D eigenvalue weighted by atomic mass is 10.0. The van der Waals surface area contributed by atoms with Gasteiger partial charge in [0.1, 0.15) is 6.10 Å². The zero-order chi connectivity index (χ0) is 14.8. The number of amides is 1. The molecule has 1 aliphatic heterocycles. The van der Waals surface area contributed by atoms with Crippen LogP contribution in [0.25, 0.3) is 0 Å². The van der Waals surface area contributed by atoms with Crippen molar-refractivity contribution in [1.82, 2.24) is 4.90 Å². The van der Waals surface area contributed by atoms with Gasteiger partial charge in [0.05, 0.1) is 13.2 Å². The van der Waals surface area contributed by atoms with Gasteiger partial charge in [-0.1, -0.05) is 23.7 Å². The highest BCUT2D eigenvalue weighted by molar-refractivity contribution is 6.30. The van der Waals surface area contributed by atoms with Crippen molar-refractivity contribution in [3.05, 3.63) is 34.9 Å². The van der Waals surface area contributed by atoms with Crippen LogP contribution in [0.2, 0.25) is 5.02 Å². The van der Waals surface area contributed by atoms with Crippen LogP contribution in [0.4, 0.5) is 0 Å². The molecule has 1 amide bonds. The third-order valence-electron chi connectivity index (χ3n) is 4.44. The standard InChI is InChI=1S/C16H21ClN2O2.ClH/c17-13-4-1-11(2-5-13)15-10-19(7-8-21-15)16(20)12-3-6-14(18)9-12;/h1-2,4-5,12,14-15H,3,6-10,18H2;1H. The lowest BCUT2D eigenvalue weighted by Crippen LogP contribution is -2.44. The van der Waals surface area contributed by atoms with Gasteiger partial charge in [-0.3, -0.25) is 4.79 Å². The van der Waals surface area contributed by atoms with Gasteiger partial charge in [-0.05, 0) is 37.0 Å². The molecule has 1 aromatic carbocycles. The van der Waals surface area contributed by atoms with Crippen LogP contribution < -0.4 is 5.73 Å². The molecule has 1 heterocycles. The predicted molar refractivity (Wildman–Crippen MR) is 89.3 cm³/mol. The summed E-state index contributed by atoms with van der Waals surface area (Å²) in [5.41, 5.74) is 6.99. The third-order valence-corrected chi connectivity index (χ3v) is 4.69. The number of carbonyl (C=O) groups excluding carboxylic acids is 1. The molecule has 122 valence electrons. The van der Waals surface area contributed by atoms with Crippen LogP contribution >= 0.6 is 24.0 Å². The van der Waals surface area contributed by atoms with Gasteiger partial charge in [0.2, 0.25) is 5.91 Å². The monoisotopic (exact) mass is 344 g/mol. The van der Waals surface area contributed by atoms with Crippen molar-refractivity contribution in [2.45, 2.75) is 31.4 Å². The van der Waals surface area contributed by atoms with E-state index < -0.39 is 0 Å². The predicted octanol–water partition coefficient (Wildman–Crippen LogP) is 2.79. The number of nitrogens with zero attached hydrogens (tertiary/aromatic N) is 1. The minimum atomic E-state index is -0.0601. The number of morpholine rings is 1. The summed E-state index contributed by atoms with van der Waals surface area (Å²) in [6, 6.07) is 7.83. The van der Waals surface area contributed by atoms with Gasteiger partial charge in [0.15, 0.2) is 0 Å². The summed E-state index contributed by atoms with van der Waals surface area (Å²) in [6.07, 6.45) is 2.64. The van der Waals surface area contributed by atoms with Crippen molar-refractivity contribution >= 4 is 29.9 Å². The average molecular weight is 345 g/mol. The second-order valence-electron chi connectivity index (χ2n) is 5.97. The van der Waals surface area contributed by atoms with Gasteiger partial charge in [-0.2, -0.15) is 0 Å². The van der Waals surface area contributed by atoms with E-state index in [1.165, 1.54) is 0 Å². The summed E-state index contributed by atoms with van der Waals surface area (Å²) in [7, 11) is 0. The van der Waals surface area contributed by atoms with E-state index in [1.807, 2.05) is 29.2 Å². The van der Waals surface area contributed by atoms with E-state index in [4.69, 9.17) is 22.1 Å². The van der Waals surface area contributed by atoms with Gasteiger partial charge in [0.25, 0.3) is 0 Å². The van der Waals surface area contributed by atoms with Crippen molar-refractivity contribution in [2.75, 3.05) is 19.7 Å². The molecule has 2 fully saturated rings. The molecular formula is C16H22Cl2N2O2. The van der Waals surface area contributed by atoms with Crippen LogP contribution in [-0.4, -0.2) is 36.5 Å². The Balaban J connectivity index is 0.00000176. The number of rotatable bonds is 2. The first-order chi connectivity index (χ1) is 10.1. The second-order valence-corrected chi connectivity index (χ2v) is 6.40. The minimum absolute atomic E-state index is 0. The van der Waals surface area contributed by atoms with E-state index in [0.29, 0.717) is 24.7 Å². The van der Waals surface area contributed by atoms with Gasteiger partial charge in [-0.25, -0.2) is 0 Å². The number of ether oxygens (including phenoxy) is 1. The van der Waals surface area contributed by atoms with Crippen molar-refractivity contribution in [1.29, 1.82) is 0 Å². The lowest BCUT2D eigenvalue weighted by Gasteiger charge is -2.34. The van der Waals surface area contributed by atoms with Crippen LogP contribution in [0, 0.1) is 5.92 Å². The topological polar surface area (TPSA) is 55.6 Å². The Morgan fingerprint density at radius 1 is 1.27 bits per heavy atom. The Morgan fingerprint density at radius 3 is 2.64 bits per heavy atom. The fourth-order valence-electron chi connectivity index (χ4n) is 3.23. The maximum atomic E-state index is 12.6. The molecule has 3 unspecified atom stereocenters. The van der Waals surface area contributed by atoms with Crippen LogP contribution in [-0.2, 0) is 9.53 Å². The highest BCUT2D eigenvalue weighted by atomic mass is 35.5. The fourth-order valence-corrected chi connectivity index (χ4v) is 3.35. The Morgan fingerprint density at radius 2 is 2.00 bits per heavy atom. The molecule has 1 aliphatic carbocycles. The number of benzene rings is 1. The normalized spacial score (nSPS) is 28.3. The lowest BCUT2D eigenvalue weighted by molar-refractivity contribution is -0.143. The maximum absolute atomic E-state index is 12.6. The second kappa shape index (κ2) is 7.64. The van der Waals surface area contributed by atoms with Crippen molar-refractivity contribution in [3.63, 3.8) is 0 Å². The van der Waals surface area contributed by atoms with Gasteiger partial charge < -0.3 is 15.4 Å². The summed E-state index contributed by atoms with van der Waals surface area (Å²) in [5.74, 6) is 0.342. The first kappa shape index (κ1) is 17.5. The molecule has 2 aliphatic rings. The first-order valence-corrected chi connectivity index (χ1v) is 7.92. The smallest absolute Gasteiger partial charge is 0.225 e. The molecule has 0 radical (unpaired) electrons. The van der Waals surface area contributed by atoms with Crippen LogP contribution in [0.5, 0.6) is 0 Å². The number of hydrogen-bond acceptors (Lipinski definition) is 3. The molecule has 0 spiro atoms. The van der Waals surface area contributed by atoms with E-state index >= 15 is 0 Å². The van der Waals surface area contributed by atoms with Gasteiger partial charge >= 0.3 is 0 Å². The molecule has 22 heavy (non-hydrogen) atoms. The van der Waals surface area contributed by atoms with E-state index in [9.17, 15) is 4.79 Å². The molecule has 0 aromatic heterocycles. The van der Waals surface area contributed by atoms with Gasteiger partial charge in [-0.15, -0.1) is 12.4 Å². The Kier molecular flexibility index (Phi) is 6.09. The van der Waals surface area contributed by atoms with Crippen molar-refractivity contribution < 1.29 is 9.53 Å². The zero-order valence-electron chi connectivity index (χ0n) is 12.4. The van der Waals surface area contributed by atoms with E-state index in [1.54, 1.807) is 0 Å². The molecule has 1 saturated carbocycles. The fraction of sp³-hybridized carbons (Fsp3) is 0.562. The minimum Gasteiger partial charge on any atom is -0.370 e. The van der Waals surface area contributed by atoms with Crippen LogP contribution in [0.1, 0.15) is 30.9 Å². The van der Waals surface area contributed by atoms with E-state index in [0.717, 1.165) is 24.8 Å². The SMILES string of the molecule is Cl.NC1CCC(C(=O)N2CCOC(c3ccc(Cl)cc3)C2)C1. The molecule has 0 bridgehead atoms. The van der Waals surface area contributed by atoms with Crippen molar-refractivity contribution in [3.8, 4) is 0 Å². The van der Waals surface area contributed by atoms with Crippen molar-refractivity contribution in [2.24, 2.45) is 11.7 Å². The first-order valence-electron chi connectivity index (χ1n) is 7.55. The zero-order valence-corrected chi connectivity index (χ0v) is 14.0. The molecule has 3 rings (SSSR count). The average Bonchev–Trinajstić information content (AvgIpc) is 2.94. The quantitative estimate of drug-likeness (QED) is 0.897. The maximum Gasteiger partial charge on any atom is 0.225 e. The van der Waals surface area contributed by atoms with E-state index in [2.05, 4.69) is 0 Å². The molecule has 6 heteroatoms. The van der Waals surface area contributed by atoms with E-state index in [-0.39, 0.29) is 36.4 Å².